The Hall–Kier alpha value is -2.49. The van der Waals surface area contributed by atoms with E-state index in [2.05, 4.69) is 10.3 Å². The fraction of sp³-hybridized carbons (Fsp3) is 0.529. The number of piperidine rings is 1. The van der Waals surface area contributed by atoms with Crippen molar-refractivity contribution in [2.45, 2.75) is 25.3 Å². The first kappa shape index (κ1) is 19.3. The topological polar surface area (TPSA) is 122 Å². The third-order valence-corrected chi connectivity index (χ3v) is 5.41. The van der Waals surface area contributed by atoms with Crippen LogP contribution in [0.2, 0.25) is 0 Å². The lowest BCUT2D eigenvalue weighted by Gasteiger charge is -2.29. The van der Waals surface area contributed by atoms with Crippen molar-refractivity contribution in [3.8, 4) is 5.75 Å². The Morgan fingerprint density at radius 3 is 2.81 bits per heavy atom. The van der Waals surface area contributed by atoms with E-state index in [4.69, 9.17) is 14.3 Å². The van der Waals surface area contributed by atoms with Gasteiger partial charge >= 0.3 is 6.09 Å². The molecule has 1 aromatic carbocycles. The first-order valence-corrected chi connectivity index (χ1v) is 10.8. The molecule has 27 heavy (non-hydrogen) atoms. The lowest BCUT2D eigenvalue weighted by molar-refractivity contribution is 0.133. The zero-order valence-electron chi connectivity index (χ0n) is 15.1. The van der Waals surface area contributed by atoms with Crippen LogP contribution in [0.3, 0.4) is 0 Å². The molecule has 0 unspecified atom stereocenters. The van der Waals surface area contributed by atoms with Crippen LogP contribution in [0, 0.1) is 0 Å². The fourth-order valence-electron chi connectivity index (χ4n) is 2.96. The molecule has 2 N–H and O–H groups in total. The monoisotopic (exact) mass is 397 g/mol. The van der Waals surface area contributed by atoms with E-state index < -0.39 is 15.9 Å². The minimum absolute atomic E-state index is 0.0912. The van der Waals surface area contributed by atoms with Gasteiger partial charge in [-0.25, -0.2) is 13.2 Å². The number of anilines is 1. The van der Waals surface area contributed by atoms with Crippen molar-refractivity contribution >= 4 is 33.0 Å². The summed E-state index contributed by atoms with van der Waals surface area (Å²) in [6.45, 7) is 1.28. The van der Waals surface area contributed by atoms with Gasteiger partial charge in [-0.2, -0.15) is 4.98 Å². The summed E-state index contributed by atoms with van der Waals surface area (Å²) >= 11 is 0. The van der Waals surface area contributed by atoms with Gasteiger partial charge in [0.1, 0.15) is 21.1 Å². The Balaban J connectivity index is 1.55. The SMILES string of the molecule is CS(=O)(=O)CCCOc1ccc2oc(NC3CCN(C(=O)O)CC3)nc2c1. The normalized spacial score (nSPS) is 15.8. The standard InChI is InChI=1S/C17H23N3O6S/c1-27(23,24)10-2-9-25-13-3-4-15-14(11-13)19-16(26-15)18-12-5-7-20(8-6-12)17(21)22/h3-4,11-12H,2,5-10H2,1H3,(H,18,19)(H,21,22). The number of nitrogens with zero attached hydrogens (tertiary/aromatic N) is 2. The summed E-state index contributed by atoms with van der Waals surface area (Å²) in [6, 6.07) is 5.76. The van der Waals surface area contributed by atoms with Gasteiger partial charge in [-0.3, -0.25) is 0 Å². The number of aromatic nitrogens is 1. The molecule has 0 aliphatic carbocycles. The molecule has 10 heteroatoms. The average Bonchev–Trinajstić information content (AvgIpc) is 3.00. The smallest absolute Gasteiger partial charge is 0.407 e. The van der Waals surface area contributed by atoms with Crippen LogP contribution in [0.25, 0.3) is 11.1 Å². The molecule has 9 nitrogen and oxygen atoms in total. The molecule has 0 atom stereocenters. The van der Waals surface area contributed by atoms with E-state index in [0.29, 0.717) is 61.8 Å². The number of carbonyl (C=O) groups is 1. The Morgan fingerprint density at radius 1 is 1.41 bits per heavy atom. The molecular formula is C17H23N3O6S. The van der Waals surface area contributed by atoms with Gasteiger partial charge in [0.05, 0.1) is 12.4 Å². The van der Waals surface area contributed by atoms with Crippen molar-refractivity contribution in [3.05, 3.63) is 18.2 Å². The van der Waals surface area contributed by atoms with E-state index >= 15 is 0 Å². The van der Waals surface area contributed by atoms with Crippen LogP contribution in [-0.2, 0) is 9.84 Å². The van der Waals surface area contributed by atoms with Crippen LogP contribution in [-0.4, -0.2) is 67.2 Å². The molecule has 2 aromatic rings. The highest BCUT2D eigenvalue weighted by atomic mass is 32.2. The van der Waals surface area contributed by atoms with E-state index in [1.165, 1.54) is 11.2 Å². The molecule has 1 aromatic heterocycles. The molecule has 1 fully saturated rings. The number of fused-ring (bicyclic) bond motifs is 1. The van der Waals surface area contributed by atoms with Crippen molar-refractivity contribution in [2.24, 2.45) is 0 Å². The van der Waals surface area contributed by atoms with Gasteiger partial charge < -0.3 is 24.5 Å². The number of hydrogen-bond donors (Lipinski definition) is 2. The van der Waals surface area contributed by atoms with Gasteiger partial charge in [0, 0.05) is 31.5 Å². The average molecular weight is 397 g/mol. The lowest BCUT2D eigenvalue weighted by atomic mass is 10.1. The number of hydrogen-bond acceptors (Lipinski definition) is 7. The maximum atomic E-state index is 11.1. The summed E-state index contributed by atoms with van der Waals surface area (Å²) in [5.74, 6) is 0.694. The summed E-state index contributed by atoms with van der Waals surface area (Å²) in [6.07, 6.45) is 2.13. The summed E-state index contributed by atoms with van der Waals surface area (Å²) in [5.41, 5.74) is 1.25. The minimum atomic E-state index is -2.98. The number of sulfone groups is 1. The molecule has 1 amide bonds. The molecule has 0 radical (unpaired) electrons. The second-order valence-corrected chi connectivity index (χ2v) is 8.93. The van der Waals surface area contributed by atoms with Crippen molar-refractivity contribution < 1.29 is 27.5 Å². The van der Waals surface area contributed by atoms with E-state index in [9.17, 15) is 13.2 Å². The summed E-state index contributed by atoms with van der Waals surface area (Å²) < 4.78 is 33.5. The molecule has 1 saturated heterocycles. The minimum Gasteiger partial charge on any atom is -0.493 e. The number of benzene rings is 1. The van der Waals surface area contributed by atoms with Crippen LogP contribution in [0.4, 0.5) is 10.8 Å². The first-order valence-electron chi connectivity index (χ1n) is 8.76. The summed E-state index contributed by atoms with van der Waals surface area (Å²) in [4.78, 5) is 16.8. The third-order valence-electron chi connectivity index (χ3n) is 4.38. The Kier molecular flexibility index (Phi) is 5.73. The number of carboxylic acid groups (broad SMARTS) is 1. The first-order chi connectivity index (χ1) is 12.8. The van der Waals surface area contributed by atoms with Gasteiger partial charge in [0.15, 0.2) is 5.58 Å². The largest absolute Gasteiger partial charge is 0.493 e. The van der Waals surface area contributed by atoms with Gasteiger partial charge in [-0.1, -0.05) is 0 Å². The van der Waals surface area contributed by atoms with Crippen LogP contribution < -0.4 is 10.1 Å². The highest BCUT2D eigenvalue weighted by Crippen LogP contribution is 2.25. The quantitative estimate of drug-likeness (QED) is 0.682. The van der Waals surface area contributed by atoms with Gasteiger partial charge in [-0.05, 0) is 31.4 Å². The number of oxazole rings is 1. The zero-order chi connectivity index (χ0) is 19.4. The van der Waals surface area contributed by atoms with Crippen molar-refractivity contribution in [2.75, 3.05) is 37.0 Å². The Labute approximate surface area is 157 Å². The summed E-state index contributed by atoms with van der Waals surface area (Å²) in [5, 5.41) is 12.2. The highest BCUT2D eigenvalue weighted by molar-refractivity contribution is 7.90. The molecule has 0 saturated carbocycles. The highest BCUT2D eigenvalue weighted by Gasteiger charge is 2.23. The van der Waals surface area contributed by atoms with Crippen molar-refractivity contribution in [1.82, 2.24) is 9.88 Å². The van der Waals surface area contributed by atoms with Gasteiger partial charge in [0.25, 0.3) is 6.01 Å². The molecule has 3 rings (SSSR count). The van der Waals surface area contributed by atoms with E-state index in [-0.39, 0.29) is 11.8 Å². The van der Waals surface area contributed by atoms with E-state index in [1.807, 2.05) is 0 Å². The van der Waals surface area contributed by atoms with Crippen LogP contribution in [0.15, 0.2) is 22.6 Å². The maximum Gasteiger partial charge on any atom is 0.407 e. The Morgan fingerprint density at radius 2 is 2.15 bits per heavy atom. The molecule has 148 valence electrons. The molecule has 1 aliphatic heterocycles. The number of rotatable bonds is 7. The second-order valence-electron chi connectivity index (χ2n) is 6.67. The lowest BCUT2D eigenvalue weighted by Crippen LogP contribution is -2.41. The molecular weight excluding hydrogens is 374 g/mol. The predicted octanol–water partition coefficient (Wildman–Crippen LogP) is 2.20. The Bertz CT molecular complexity index is 903. The maximum absolute atomic E-state index is 11.1. The van der Waals surface area contributed by atoms with E-state index in [1.54, 1.807) is 18.2 Å². The summed E-state index contributed by atoms with van der Waals surface area (Å²) in [7, 11) is -2.98. The second kappa shape index (κ2) is 8.03. The molecule has 1 aliphatic rings. The third kappa shape index (κ3) is 5.49. The van der Waals surface area contributed by atoms with Gasteiger partial charge in [-0.15, -0.1) is 0 Å². The number of likely N-dealkylation sites (tertiary alicyclic amines) is 1. The van der Waals surface area contributed by atoms with Crippen LogP contribution in [0.1, 0.15) is 19.3 Å². The zero-order valence-corrected chi connectivity index (χ0v) is 15.9. The number of ether oxygens (including phenoxy) is 1. The fourth-order valence-corrected chi connectivity index (χ4v) is 3.60. The molecule has 0 spiro atoms. The van der Waals surface area contributed by atoms with Gasteiger partial charge in [0.2, 0.25) is 0 Å². The van der Waals surface area contributed by atoms with E-state index in [0.717, 1.165) is 0 Å². The van der Waals surface area contributed by atoms with Crippen molar-refractivity contribution in [3.63, 3.8) is 0 Å². The predicted molar refractivity (Wildman–Crippen MR) is 100 cm³/mol. The molecule has 2 heterocycles. The number of amides is 1. The van der Waals surface area contributed by atoms with Crippen LogP contribution in [0.5, 0.6) is 5.75 Å². The van der Waals surface area contributed by atoms with Crippen molar-refractivity contribution in [1.29, 1.82) is 0 Å². The number of nitrogens with one attached hydrogen (secondary N) is 1. The van der Waals surface area contributed by atoms with Crippen LogP contribution >= 0.6 is 0 Å². The molecule has 0 bridgehead atoms.